The first-order valence-electron chi connectivity index (χ1n) is 6.56. The van der Waals surface area contributed by atoms with Crippen LogP contribution in [0.2, 0.25) is 15.1 Å². The van der Waals surface area contributed by atoms with E-state index in [4.69, 9.17) is 39.5 Å². The Bertz CT molecular complexity index is 597. The van der Waals surface area contributed by atoms with Crippen LogP contribution in [0.3, 0.4) is 0 Å². The highest BCUT2D eigenvalue weighted by molar-refractivity contribution is 6.40. The van der Waals surface area contributed by atoms with Gasteiger partial charge in [0.15, 0.2) is 5.75 Å². The number of nitrogens with one attached hydrogen (secondary N) is 1. The predicted molar refractivity (Wildman–Crippen MR) is 88.8 cm³/mol. The molecule has 0 saturated heterocycles. The molecule has 1 heterocycles. The topological polar surface area (TPSA) is 34.2 Å². The molecule has 0 atom stereocenters. The third kappa shape index (κ3) is 4.67. The van der Waals surface area contributed by atoms with Crippen LogP contribution >= 0.6 is 34.8 Å². The summed E-state index contributed by atoms with van der Waals surface area (Å²) in [5.74, 6) is 0.413. The zero-order valence-electron chi connectivity index (χ0n) is 11.5. The number of hydrogen-bond acceptors (Lipinski definition) is 3. The summed E-state index contributed by atoms with van der Waals surface area (Å²) in [6, 6.07) is 7.04. The monoisotopic (exact) mass is 344 g/mol. The largest absolute Gasteiger partial charge is 0.484 e. The molecule has 112 valence electrons. The standard InChI is InChI=1S/C15H15Cl3N2O/c1-2-4-19-11-3-5-20-12(8-11)9-21-15-13(17)6-10(16)7-14(15)18/h3,5-8H,2,4,9H2,1H3,(H,19,20). The van der Waals surface area contributed by atoms with Gasteiger partial charge in [-0.2, -0.15) is 0 Å². The second-order valence-electron chi connectivity index (χ2n) is 4.45. The van der Waals surface area contributed by atoms with Crippen molar-refractivity contribution in [3.8, 4) is 5.75 Å². The SMILES string of the molecule is CCCNc1ccnc(COc2c(Cl)cc(Cl)cc2Cl)c1. The molecule has 0 saturated carbocycles. The Balaban J connectivity index is 2.06. The highest BCUT2D eigenvalue weighted by Gasteiger charge is 2.10. The van der Waals surface area contributed by atoms with Crippen molar-refractivity contribution in [3.05, 3.63) is 51.2 Å². The van der Waals surface area contributed by atoms with E-state index >= 15 is 0 Å². The fourth-order valence-electron chi connectivity index (χ4n) is 1.75. The van der Waals surface area contributed by atoms with Crippen molar-refractivity contribution in [1.29, 1.82) is 0 Å². The van der Waals surface area contributed by atoms with E-state index < -0.39 is 0 Å². The second kappa shape index (κ2) is 7.74. The Hall–Kier alpha value is -1.16. The summed E-state index contributed by atoms with van der Waals surface area (Å²) in [4.78, 5) is 4.26. The molecule has 3 nitrogen and oxygen atoms in total. The Labute approximate surface area is 139 Å². The van der Waals surface area contributed by atoms with Crippen molar-refractivity contribution >= 4 is 40.5 Å². The number of benzene rings is 1. The van der Waals surface area contributed by atoms with E-state index in [0.29, 0.717) is 20.8 Å². The number of rotatable bonds is 6. The first-order valence-corrected chi connectivity index (χ1v) is 7.69. The predicted octanol–water partition coefficient (Wildman–Crippen LogP) is 5.44. The van der Waals surface area contributed by atoms with Gasteiger partial charge >= 0.3 is 0 Å². The average molecular weight is 346 g/mol. The number of ether oxygens (including phenoxy) is 1. The Kier molecular flexibility index (Phi) is 5.97. The molecule has 0 aliphatic heterocycles. The third-order valence-electron chi connectivity index (χ3n) is 2.72. The Morgan fingerprint density at radius 2 is 1.86 bits per heavy atom. The van der Waals surface area contributed by atoms with Crippen LogP contribution in [0.15, 0.2) is 30.5 Å². The van der Waals surface area contributed by atoms with E-state index in [0.717, 1.165) is 24.3 Å². The lowest BCUT2D eigenvalue weighted by molar-refractivity contribution is 0.302. The molecule has 2 aromatic rings. The van der Waals surface area contributed by atoms with Gasteiger partial charge in [-0.15, -0.1) is 0 Å². The van der Waals surface area contributed by atoms with Crippen LogP contribution in [0.25, 0.3) is 0 Å². The van der Waals surface area contributed by atoms with Gasteiger partial charge in [0.2, 0.25) is 0 Å². The number of nitrogens with zero attached hydrogens (tertiary/aromatic N) is 1. The van der Waals surface area contributed by atoms with Crippen molar-refractivity contribution in [2.75, 3.05) is 11.9 Å². The highest BCUT2D eigenvalue weighted by atomic mass is 35.5. The van der Waals surface area contributed by atoms with Gasteiger partial charge in [0.1, 0.15) is 6.61 Å². The van der Waals surface area contributed by atoms with Crippen molar-refractivity contribution in [1.82, 2.24) is 4.98 Å². The number of hydrogen-bond donors (Lipinski definition) is 1. The van der Waals surface area contributed by atoms with E-state index in [2.05, 4.69) is 17.2 Å². The molecule has 0 amide bonds. The van der Waals surface area contributed by atoms with Crippen LogP contribution in [0.4, 0.5) is 5.69 Å². The zero-order valence-corrected chi connectivity index (χ0v) is 13.8. The second-order valence-corrected chi connectivity index (χ2v) is 5.70. The van der Waals surface area contributed by atoms with Gasteiger partial charge < -0.3 is 10.1 Å². The highest BCUT2D eigenvalue weighted by Crippen LogP contribution is 2.36. The molecule has 0 radical (unpaired) electrons. The van der Waals surface area contributed by atoms with Crippen molar-refractivity contribution in [2.45, 2.75) is 20.0 Å². The van der Waals surface area contributed by atoms with Crippen LogP contribution in [0, 0.1) is 0 Å². The Morgan fingerprint density at radius 1 is 1.14 bits per heavy atom. The molecular weight excluding hydrogens is 331 g/mol. The molecule has 0 spiro atoms. The van der Waals surface area contributed by atoms with Gasteiger partial charge in [-0.25, -0.2) is 0 Å². The molecule has 0 bridgehead atoms. The smallest absolute Gasteiger partial charge is 0.157 e. The first-order chi connectivity index (χ1) is 10.1. The molecule has 0 fully saturated rings. The van der Waals surface area contributed by atoms with E-state index in [1.807, 2.05) is 12.1 Å². The number of anilines is 1. The van der Waals surface area contributed by atoms with E-state index in [1.165, 1.54) is 0 Å². The van der Waals surface area contributed by atoms with Crippen LogP contribution in [-0.2, 0) is 6.61 Å². The first kappa shape index (κ1) is 16.2. The molecule has 6 heteroatoms. The molecule has 1 aromatic heterocycles. The van der Waals surface area contributed by atoms with Crippen LogP contribution in [-0.4, -0.2) is 11.5 Å². The molecule has 0 aliphatic carbocycles. The third-order valence-corrected chi connectivity index (χ3v) is 3.50. The van der Waals surface area contributed by atoms with Crippen LogP contribution < -0.4 is 10.1 Å². The van der Waals surface area contributed by atoms with Crippen molar-refractivity contribution in [3.63, 3.8) is 0 Å². The fraction of sp³-hybridized carbons (Fsp3) is 0.267. The quantitative estimate of drug-likeness (QED) is 0.756. The van der Waals surface area contributed by atoms with E-state index in [-0.39, 0.29) is 6.61 Å². The lowest BCUT2D eigenvalue weighted by Crippen LogP contribution is -2.03. The van der Waals surface area contributed by atoms with Gasteiger partial charge in [0.05, 0.1) is 15.7 Å². The van der Waals surface area contributed by atoms with E-state index in [1.54, 1.807) is 18.3 Å². The Morgan fingerprint density at radius 3 is 2.52 bits per heavy atom. The van der Waals surface area contributed by atoms with Gasteiger partial charge in [-0.05, 0) is 30.7 Å². The number of pyridine rings is 1. The van der Waals surface area contributed by atoms with E-state index in [9.17, 15) is 0 Å². The minimum atomic E-state index is 0.280. The average Bonchev–Trinajstić information content (AvgIpc) is 2.44. The van der Waals surface area contributed by atoms with Gasteiger partial charge in [0.25, 0.3) is 0 Å². The lowest BCUT2D eigenvalue weighted by atomic mass is 10.3. The summed E-state index contributed by atoms with van der Waals surface area (Å²) in [7, 11) is 0. The maximum Gasteiger partial charge on any atom is 0.157 e. The maximum absolute atomic E-state index is 6.07. The molecule has 0 unspecified atom stereocenters. The maximum atomic E-state index is 6.07. The summed E-state index contributed by atoms with van der Waals surface area (Å²) in [6.07, 6.45) is 2.80. The lowest BCUT2D eigenvalue weighted by Gasteiger charge is -2.11. The molecule has 2 rings (SSSR count). The number of halogens is 3. The van der Waals surface area contributed by atoms with Crippen LogP contribution in [0.5, 0.6) is 5.75 Å². The van der Waals surface area contributed by atoms with Crippen LogP contribution in [0.1, 0.15) is 19.0 Å². The van der Waals surface area contributed by atoms with Gasteiger partial charge in [-0.3, -0.25) is 4.98 Å². The molecule has 1 aromatic carbocycles. The summed E-state index contributed by atoms with van der Waals surface area (Å²) in [6.45, 7) is 3.31. The molecule has 1 N–H and O–H groups in total. The van der Waals surface area contributed by atoms with Crippen molar-refractivity contribution < 1.29 is 4.74 Å². The van der Waals surface area contributed by atoms with Gasteiger partial charge in [-0.1, -0.05) is 41.7 Å². The molecule has 21 heavy (non-hydrogen) atoms. The summed E-state index contributed by atoms with van der Waals surface area (Å²) >= 11 is 18.0. The van der Waals surface area contributed by atoms with Crippen molar-refractivity contribution in [2.24, 2.45) is 0 Å². The summed E-state index contributed by atoms with van der Waals surface area (Å²) < 4.78 is 5.66. The molecular formula is C15H15Cl3N2O. The summed E-state index contributed by atoms with van der Waals surface area (Å²) in [5.41, 5.74) is 1.80. The summed E-state index contributed by atoms with van der Waals surface area (Å²) in [5, 5.41) is 4.54. The zero-order chi connectivity index (χ0) is 15.2. The minimum absolute atomic E-state index is 0.280. The minimum Gasteiger partial charge on any atom is -0.484 e. The molecule has 0 aliphatic rings. The van der Waals surface area contributed by atoms with Gasteiger partial charge in [0, 0.05) is 23.5 Å². The number of aromatic nitrogens is 1. The normalized spacial score (nSPS) is 10.5. The fourth-order valence-corrected chi connectivity index (χ4v) is 2.68.